The number of nitrogens with one attached hydrogen (secondary N) is 1. The number of benzene rings is 2. The van der Waals surface area contributed by atoms with Crippen molar-refractivity contribution in [2.24, 2.45) is 7.05 Å². The predicted molar refractivity (Wildman–Crippen MR) is 113 cm³/mol. The van der Waals surface area contributed by atoms with Crippen molar-refractivity contribution in [3.05, 3.63) is 71.0 Å². The Morgan fingerprint density at radius 1 is 1.17 bits per heavy atom. The molecule has 2 aromatic carbocycles. The molecule has 4 aromatic rings. The van der Waals surface area contributed by atoms with E-state index < -0.39 is 11.6 Å². The molecule has 9 heteroatoms. The largest absolute Gasteiger partial charge is 0.454 e. The van der Waals surface area contributed by atoms with Gasteiger partial charge in [-0.3, -0.25) is 4.79 Å². The van der Waals surface area contributed by atoms with Gasteiger partial charge >= 0.3 is 0 Å². The lowest BCUT2D eigenvalue weighted by atomic mass is 10.0. The van der Waals surface area contributed by atoms with E-state index in [1.54, 1.807) is 31.4 Å². The number of halogens is 2. The minimum absolute atomic E-state index is 0.125. The summed E-state index contributed by atoms with van der Waals surface area (Å²) in [4.78, 5) is 16.4. The summed E-state index contributed by atoms with van der Waals surface area (Å²) >= 11 is 1.51. The summed E-state index contributed by atoms with van der Waals surface area (Å²) in [5, 5.41) is 0. The van der Waals surface area contributed by atoms with E-state index in [-0.39, 0.29) is 16.8 Å². The van der Waals surface area contributed by atoms with Gasteiger partial charge in [0.05, 0.1) is 0 Å². The van der Waals surface area contributed by atoms with E-state index >= 15 is 0 Å². The van der Waals surface area contributed by atoms with E-state index in [9.17, 15) is 13.6 Å². The smallest absolute Gasteiger partial charge is 0.280 e. The molecule has 0 saturated carbocycles. The molecule has 0 aliphatic rings. The van der Waals surface area contributed by atoms with Crippen molar-refractivity contribution in [1.82, 2.24) is 9.55 Å². The molecule has 1 N–H and O–H groups in total. The molecule has 0 aliphatic carbocycles. The maximum absolute atomic E-state index is 14.2. The van der Waals surface area contributed by atoms with Crippen molar-refractivity contribution < 1.29 is 17.9 Å². The predicted octanol–water partition coefficient (Wildman–Crippen LogP) is 5.34. The second kappa shape index (κ2) is 8.19. The fourth-order valence-electron chi connectivity index (χ4n) is 2.98. The zero-order chi connectivity index (χ0) is 21.3. The Hall–Kier alpha value is -3.33. The molecule has 0 fully saturated rings. The molecule has 0 amide bonds. The van der Waals surface area contributed by atoms with Crippen LogP contribution in [0, 0.1) is 11.6 Å². The number of ether oxygens (including phenoxy) is 1. The number of rotatable bonds is 6. The second-order valence-electron chi connectivity index (χ2n) is 6.41. The highest BCUT2D eigenvalue weighted by Crippen LogP contribution is 2.39. The van der Waals surface area contributed by atoms with E-state index in [2.05, 4.69) is 9.71 Å². The fourth-order valence-corrected chi connectivity index (χ4v) is 3.42. The summed E-state index contributed by atoms with van der Waals surface area (Å²) in [6.07, 6.45) is 2.81. The maximum atomic E-state index is 14.2. The number of nitrogens with zero attached hydrogens (tertiary/aromatic N) is 2. The third-order valence-electron chi connectivity index (χ3n) is 4.38. The van der Waals surface area contributed by atoms with Crippen molar-refractivity contribution in [2.75, 3.05) is 10.5 Å². The van der Waals surface area contributed by atoms with Crippen molar-refractivity contribution in [3.8, 4) is 22.6 Å². The van der Waals surface area contributed by atoms with Crippen LogP contribution in [0.15, 0.2) is 58.2 Å². The van der Waals surface area contributed by atoms with Crippen LogP contribution in [0.25, 0.3) is 22.2 Å². The van der Waals surface area contributed by atoms with Gasteiger partial charge < -0.3 is 18.4 Å². The van der Waals surface area contributed by atoms with Crippen LogP contribution < -0.4 is 15.0 Å². The minimum Gasteiger partial charge on any atom is -0.454 e. The van der Waals surface area contributed by atoms with Crippen LogP contribution in [-0.4, -0.2) is 15.3 Å². The van der Waals surface area contributed by atoms with Crippen LogP contribution in [0.2, 0.25) is 0 Å². The van der Waals surface area contributed by atoms with Crippen LogP contribution in [0.5, 0.6) is 11.5 Å². The molecule has 0 saturated heterocycles. The molecule has 0 atom stereocenters. The highest BCUT2D eigenvalue weighted by Gasteiger charge is 2.19. The lowest BCUT2D eigenvalue weighted by Gasteiger charge is -2.15. The molecule has 6 nitrogen and oxygen atoms in total. The van der Waals surface area contributed by atoms with E-state index in [4.69, 9.17) is 9.15 Å². The Balaban J connectivity index is 1.89. The summed E-state index contributed by atoms with van der Waals surface area (Å²) in [5.74, 6) is -0.489. The summed E-state index contributed by atoms with van der Waals surface area (Å²) < 4.78 is 43.3. The highest BCUT2D eigenvalue weighted by atomic mass is 32.2. The third kappa shape index (κ3) is 3.76. The van der Waals surface area contributed by atoms with E-state index in [1.165, 1.54) is 29.0 Å². The summed E-state index contributed by atoms with van der Waals surface area (Å²) in [7, 11) is 1.61. The molecule has 0 unspecified atom stereocenters. The topological polar surface area (TPSA) is 69.3 Å². The second-order valence-corrected chi connectivity index (χ2v) is 7.48. The number of hydrogen-bond donors (Lipinski definition) is 1. The van der Waals surface area contributed by atoms with Crippen molar-refractivity contribution in [3.63, 3.8) is 0 Å². The molecule has 0 bridgehead atoms. The molecule has 0 radical (unpaired) electrons. The zero-order valence-corrected chi connectivity index (χ0v) is 16.9. The molecule has 4 rings (SSSR count). The van der Waals surface area contributed by atoms with E-state index in [1.807, 2.05) is 6.92 Å². The normalized spacial score (nSPS) is 11.1. The average molecular weight is 429 g/mol. The van der Waals surface area contributed by atoms with Gasteiger partial charge in [0.25, 0.3) is 5.56 Å². The summed E-state index contributed by atoms with van der Waals surface area (Å²) in [6, 6.07) is 8.35. The first-order chi connectivity index (χ1) is 14.5. The van der Waals surface area contributed by atoms with Gasteiger partial charge in [0.15, 0.2) is 29.1 Å². The van der Waals surface area contributed by atoms with Crippen LogP contribution in [0.1, 0.15) is 6.92 Å². The van der Waals surface area contributed by atoms with Crippen LogP contribution in [0.4, 0.5) is 14.5 Å². The number of hydrogen-bond acceptors (Lipinski definition) is 6. The van der Waals surface area contributed by atoms with Gasteiger partial charge in [-0.05, 0) is 30.3 Å². The van der Waals surface area contributed by atoms with Gasteiger partial charge in [-0.15, -0.1) is 0 Å². The van der Waals surface area contributed by atoms with Crippen molar-refractivity contribution in [1.29, 1.82) is 0 Å². The maximum Gasteiger partial charge on any atom is 0.280 e. The standard InChI is InChI=1S/C21H17F2N3O3S/c1-3-30-25-13-5-7-17(29-18-6-4-12(22)8-16(18)23)14(9-13)15-10-26(2)21(27)19-20(15)28-11-24-19/h4-11,25H,3H2,1-2H3. The summed E-state index contributed by atoms with van der Waals surface area (Å²) in [5.41, 5.74) is 2.05. The quantitative estimate of drug-likeness (QED) is 0.417. The first-order valence-electron chi connectivity index (χ1n) is 9.06. The molecule has 30 heavy (non-hydrogen) atoms. The first-order valence-corrected chi connectivity index (χ1v) is 10.0. The third-order valence-corrected chi connectivity index (χ3v) is 5.04. The monoisotopic (exact) mass is 429 g/mol. The average Bonchev–Trinajstić information content (AvgIpc) is 3.22. The Kier molecular flexibility index (Phi) is 5.45. The number of fused-ring (bicyclic) bond motifs is 1. The first kappa shape index (κ1) is 20.0. The number of aryl methyl sites for hydroxylation is 1. The lowest BCUT2D eigenvalue weighted by molar-refractivity contribution is 0.439. The van der Waals surface area contributed by atoms with Gasteiger partial charge in [-0.1, -0.05) is 18.9 Å². The SMILES string of the molecule is CCSNc1ccc(Oc2ccc(F)cc2F)c(-c2cn(C)c(=O)c3ncoc23)c1. The molecule has 0 aliphatic heterocycles. The van der Waals surface area contributed by atoms with Gasteiger partial charge in [-0.25, -0.2) is 13.8 Å². The molecule has 0 spiro atoms. The summed E-state index contributed by atoms with van der Waals surface area (Å²) in [6.45, 7) is 2.01. The van der Waals surface area contributed by atoms with E-state index in [0.717, 1.165) is 23.6 Å². The Morgan fingerprint density at radius 2 is 1.97 bits per heavy atom. The van der Waals surface area contributed by atoms with Gasteiger partial charge in [-0.2, -0.15) is 0 Å². The van der Waals surface area contributed by atoms with E-state index in [0.29, 0.717) is 22.5 Å². The van der Waals surface area contributed by atoms with Gasteiger partial charge in [0.1, 0.15) is 11.6 Å². The molecular formula is C21H17F2N3O3S. The Bertz CT molecular complexity index is 1290. The number of pyridine rings is 1. The van der Waals surface area contributed by atoms with Gasteiger partial charge in [0, 0.05) is 41.9 Å². The Labute approximate surface area is 174 Å². The minimum atomic E-state index is -0.824. The van der Waals surface area contributed by atoms with Crippen molar-refractivity contribution in [2.45, 2.75) is 6.92 Å². The van der Waals surface area contributed by atoms with Crippen molar-refractivity contribution >= 4 is 28.7 Å². The number of anilines is 1. The zero-order valence-electron chi connectivity index (χ0n) is 16.1. The van der Waals surface area contributed by atoms with Gasteiger partial charge in [0.2, 0.25) is 0 Å². The molecule has 2 aromatic heterocycles. The Morgan fingerprint density at radius 3 is 2.73 bits per heavy atom. The van der Waals surface area contributed by atoms with Crippen LogP contribution >= 0.6 is 11.9 Å². The molecular weight excluding hydrogens is 412 g/mol. The van der Waals surface area contributed by atoms with Crippen LogP contribution in [-0.2, 0) is 7.05 Å². The number of oxazole rings is 1. The van der Waals surface area contributed by atoms with Crippen LogP contribution in [0.3, 0.4) is 0 Å². The number of aromatic nitrogens is 2. The lowest BCUT2D eigenvalue weighted by Crippen LogP contribution is -2.16. The fraction of sp³-hybridized carbons (Fsp3) is 0.143. The molecule has 2 heterocycles. The highest BCUT2D eigenvalue weighted by molar-refractivity contribution is 8.00. The molecule has 154 valence electrons.